The van der Waals surface area contributed by atoms with E-state index in [-0.39, 0.29) is 17.4 Å². The van der Waals surface area contributed by atoms with Gasteiger partial charge in [0.05, 0.1) is 11.9 Å². The third-order valence-electron chi connectivity index (χ3n) is 0.909. The van der Waals surface area contributed by atoms with Crippen molar-refractivity contribution in [3.8, 4) is 5.95 Å². The van der Waals surface area contributed by atoms with Crippen LogP contribution in [0.1, 0.15) is 5.76 Å². The molecule has 1 rings (SSSR count). The topological polar surface area (TPSA) is 83.2 Å². The molecule has 0 saturated carbocycles. The second-order valence-electron chi connectivity index (χ2n) is 1.55. The minimum absolute atomic E-state index is 0.188. The molecule has 4 heteroatoms. The molecule has 0 radical (unpaired) electrons. The first-order valence-electron chi connectivity index (χ1n) is 2.33. The molecule has 9 heavy (non-hydrogen) atoms. The highest BCUT2D eigenvalue weighted by molar-refractivity contribution is 5.81. The molecule has 1 aromatic rings. The molecule has 0 unspecified atom stereocenters. The number of nitrogens with one attached hydrogen (secondary N) is 1. The Balaban J connectivity index is 3.15. The van der Waals surface area contributed by atoms with Gasteiger partial charge in [-0.25, -0.2) is 0 Å². The van der Waals surface area contributed by atoms with Crippen LogP contribution in [-0.2, 0) is 0 Å². The van der Waals surface area contributed by atoms with Crippen LogP contribution in [0.2, 0.25) is 0 Å². The average Bonchev–Trinajstić information content (AvgIpc) is 2.10. The third kappa shape index (κ3) is 0.861. The van der Waals surface area contributed by atoms with Crippen molar-refractivity contribution in [3.05, 3.63) is 11.8 Å². The van der Waals surface area contributed by atoms with Crippen molar-refractivity contribution in [2.75, 3.05) is 5.73 Å². The summed E-state index contributed by atoms with van der Waals surface area (Å²) >= 11 is 0. The summed E-state index contributed by atoms with van der Waals surface area (Å²) in [7, 11) is 0. The predicted octanol–water partition coefficient (Wildman–Crippen LogP) is 0.565. The molecule has 48 valence electrons. The summed E-state index contributed by atoms with van der Waals surface area (Å²) in [6.07, 6.45) is 0.940. The lowest BCUT2D eigenvalue weighted by Crippen LogP contribution is -1.85. The van der Waals surface area contributed by atoms with Crippen molar-refractivity contribution in [3.63, 3.8) is 0 Å². The summed E-state index contributed by atoms with van der Waals surface area (Å²) in [4.78, 5) is 0. The number of rotatable bonds is 1. The van der Waals surface area contributed by atoms with E-state index in [1.54, 1.807) is 0 Å². The van der Waals surface area contributed by atoms with Crippen LogP contribution in [0.15, 0.2) is 10.5 Å². The molecule has 0 spiro atoms. The number of nitrogens with two attached hydrogens (primary N) is 1. The van der Waals surface area contributed by atoms with Crippen LogP contribution in [0.25, 0.3) is 0 Å². The molecule has 0 aromatic carbocycles. The lowest BCUT2D eigenvalue weighted by Gasteiger charge is -1.81. The van der Waals surface area contributed by atoms with Crippen LogP contribution < -0.4 is 5.73 Å². The van der Waals surface area contributed by atoms with E-state index in [1.165, 1.54) is 6.07 Å². The molecule has 0 amide bonds. The van der Waals surface area contributed by atoms with Gasteiger partial charge in [0, 0.05) is 6.07 Å². The summed E-state index contributed by atoms with van der Waals surface area (Å²) in [5, 5.41) is 15.3. The quantitative estimate of drug-likeness (QED) is 0.481. The van der Waals surface area contributed by atoms with Crippen LogP contribution in [0.4, 0.5) is 5.69 Å². The molecule has 0 saturated heterocycles. The molecule has 0 fully saturated rings. The maximum absolute atomic E-state index is 8.62. The van der Waals surface area contributed by atoms with Gasteiger partial charge in [-0.1, -0.05) is 0 Å². The Hall–Kier alpha value is -1.45. The maximum atomic E-state index is 8.62. The van der Waals surface area contributed by atoms with Gasteiger partial charge in [0.15, 0.2) is 5.76 Å². The van der Waals surface area contributed by atoms with E-state index in [9.17, 15) is 0 Å². The van der Waals surface area contributed by atoms with Crippen LogP contribution in [0.3, 0.4) is 0 Å². The standard InChI is InChI=1S/C5H6N2O2/c6-2-4-3(7)1-5(8)9-4/h1-2,6,8H,7H2. The molecule has 4 nitrogen and oxygen atoms in total. The summed E-state index contributed by atoms with van der Waals surface area (Å²) in [5.74, 6) is -0.0708. The maximum Gasteiger partial charge on any atom is 0.284 e. The highest BCUT2D eigenvalue weighted by atomic mass is 16.5. The lowest BCUT2D eigenvalue weighted by atomic mass is 10.4. The highest BCUT2D eigenvalue weighted by Gasteiger charge is 2.02. The molecule has 0 aliphatic heterocycles. The van der Waals surface area contributed by atoms with Gasteiger partial charge in [-0.15, -0.1) is 0 Å². The molecule has 4 N–H and O–H groups in total. The Morgan fingerprint density at radius 1 is 1.78 bits per heavy atom. The largest absolute Gasteiger partial charge is 0.481 e. The van der Waals surface area contributed by atoms with Crippen LogP contribution in [0, 0.1) is 5.41 Å². The molecule has 1 aromatic heterocycles. The number of furan rings is 1. The number of aromatic hydroxyl groups is 1. The van der Waals surface area contributed by atoms with Crippen molar-refractivity contribution in [1.29, 1.82) is 5.41 Å². The zero-order valence-corrected chi connectivity index (χ0v) is 4.59. The van der Waals surface area contributed by atoms with Crippen molar-refractivity contribution in [2.45, 2.75) is 0 Å². The number of anilines is 1. The van der Waals surface area contributed by atoms with E-state index >= 15 is 0 Å². The van der Waals surface area contributed by atoms with Gasteiger partial charge in [0.2, 0.25) is 0 Å². The van der Waals surface area contributed by atoms with Crippen LogP contribution in [0.5, 0.6) is 5.95 Å². The number of nitrogen functional groups attached to an aromatic ring is 1. The zero-order valence-electron chi connectivity index (χ0n) is 4.59. The van der Waals surface area contributed by atoms with Crippen LogP contribution in [-0.4, -0.2) is 11.3 Å². The van der Waals surface area contributed by atoms with Gasteiger partial charge in [0.1, 0.15) is 0 Å². The zero-order chi connectivity index (χ0) is 6.85. The van der Waals surface area contributed by atoms with Gasteiger partial charge >= 0.3 is 0 Å². The molecule has 0 aliphatic carbocycles. The van der Waals surface area contributed by atoms with E-state index in [1.807, 2.05) is 0 Å². The van der Waals surface area contributed by atoms with Gasteiger partial charge < -0.3 is 20.7 Å². The Bertz CT molecular complexity index is 229. The molecule has 0 bridgehead atoms. The molecule has 0 atom stereocenters. The van der Waals surface area contributed by atoms with Gasteiger partial charge in [-0.3, -0.25) is 0 Å². The fourth-order valence-corrected chi connectivity index (χ4v) is 0.518. The SMILES string of the molecule is N=Cc1oc(O)cc1N. The van der Waals surface area contributed by atoms with Crippen molar-refractivity contribution in [2.24, 2.45) is 0 Å². The third-order valence-corrected chi connectivity index (χ3v) is 0.909. The van der Waals surface area contributed by atoms with Crippen molar-refractivity contribution < 1.29 is 9.52 Å². The summed E-state index contributed by atoms with van der Waals surface area (Å²) < 4.78 is 4.55. The van der Waals surface area contributed by atoms with Crippen molar-refractivity contribution >= 4 is 11.9 Å². The fraction of sp³-hybridized carbons (Fsp3) is 0. The smallest absolute Gasteiger partial charge is 0.284 e. The first kappa shape index (κ1) is 5.68. The molecule has 1 heterocycles. The fourth-order valence-electron chi connectivity index (χ4n) is 0.518. The monoisotopic (exact) mass is 126 g/mol. The predicted molar refractivity (Wildman–Crippen MR) is 32.7 cm³/mol. The molecular formula is C5H6N2O2. The highest BCUT2D eigenvalue weighted by Crippen LogP contribution is 2.20. The van der Waals surface area contributed by atoms with Crippen LogP contribution >= 0.6 is 0 Å². The number of hydrogen-bond donors (Lipinski definition) is 3. The second-order valence-corrected chi connectivity index (χ2v) is 1.55. The Kier molecular flexibility index (Phi) is 1.14. The Labute approximate surface area is 51.4 Å². The number of hydrogen-bond acceptors (Lipinski definition) is 4. The summed E-state index contributed by atoms with van der Waals surface area (Å²) in [6.45, 7) is 0. The molecule has 0 aliphatic rings. The first-order valence-corrected chi connectivity index (χ1v) is 2.33. The first-order chi connectivity index (χ1) is 4.24. The summed E-state index contributed by atoms with van der Waals surface area (Å²) in [5.41, 5.74) is 5.53. The minimum atomic E-state index is -0.258. The molecular weight excluding hydrogens is 120 g/mol. The van der Waals surface area contributed by atoms with E-state index in [2.05, 4.69) is 4.42 Å². The van der Waals surface area contributed by atoms with E-state index in [0.717, 1.165) is 6.21 Å². The van der Waals surface area contributed by atoms with E-state index < -0.39 is 0 Å². The normalized spacial score (nSPS) is 9.33. The Morgan fingerprint density at radius 3 is 2.67 bits per heavy atom. The van der Waals surface area contributed by atoms with Gasteiger partial charge in [-0.2, -0.15) is 0 Å². The average molecular weight is 126 g/mol. The van der Waals surface area contributed by atoms with Gasteiger partial charge in [-0.05, 0) is 0 Å². The summed E-state index contributed by atoms with van der Waals surface area (Å²) in [6, 6.07) is 1.25. The van der Waals surface area contributed by atoms with Crippen molar-refractivity contribution in [1.82, 2.24) is 0 Å². The Morgan fingerprint density at radius 2 is 2.44 bits per heavy atom. The van der Waals surface area contributed by atoms with E-state index in [0.29, 0.717) is 0 Å². The second kappa shape index (κ2) is 1.81. The lowest BCUT2D eigenvalue weighted by molar-refractivity contribution is 0.331. The van der Waals surface area contributed by atoms with E-state index in [4.69, 9.17) is 16.2 Å². The van der Waals surface area contributed by atoms with Gasteiger partial charge in [0.25, 0.3) is 5.95 Å². The minimum Gasteiger partial charge on any atom is -0.481 e.